The van der Waals surface area contributed by atoms with Gasteiger partial charge in [0.05, 0.1) is 12.7 Å². The molecule has 0 aliphatic heterocycles. The maximum Gasteiger partial charge on any atom is 0.159 e. The second-order valence-electron chi connectivity index (χ2n) is 2.83. The summed E-state index contributed by atoms with van der Waals surface area (Å²) >= 11 is 0. The lowest BCUT2D eigenvalue weighted by molar-refractivity contribution is 0.101. The molecule has 0 atom stereocenters. The first-order chi connectivity index (χ1) is 7.19. The summed E-state index contributed by atoms with van der Waals surface area (Å²) in [5.74, 6) is 5.40. The molecule has 0 aromatic heterocycles. The lowest BCUT2D eigenvalue weighted by Crippen LogP contribution is -1.95. The number of hydrogen-bond acceptors (Lipinski definition) is 3. The molecule has 0 saturated carbocycles. The minimum atomic E-state index is -0.0438. The molecule has 3 nitrogen and oxygen atoms in total. The van der Waals surface area contributed by atoms with Crippen molar-refractivity contribution < 1.29 is 9.53 Å². The van der Waals surface area contributed by atoms with E-state index in [2.05, 4.69) is 11.8 Å². The first kappa shape index (κ1) is 10.8. The molecule has 15 heavy (non-hydrogen) atoms. The van der Waals surface area contributed by atoms with Crippen molar-refractivity contribution in [2.75, 3.05) is 7.11 Å². The Morgan fingerprint density at radius 2 is 2.20 bits per heavy atom. The smallest absolute Gasteiger partial charge is 0.159 e. The predicted molar refractivity (Wildman–Crippen MR) is 55.5 cm³/mol. The molecule has 0 fully saturated rings. The summed E-state index contributed by atoms with van der Waals surface area (Å²) in [4.78, 5) is 11.1. The maximum atomic E-state index is 11.1. The fraction of sp³-hybridized carbons (Fsp3) is 0.167. The standard InChI is InChI=1S/C12H9NO2/c1-9(14)10-5-6-12(15-2)11(8-10)4-3-7-13/h5-6,8H,1-2H3. The number of benzene rings is 1. The van der Waals surface area contributed by atoms with Crippen molar-refractivity contribution in [1.29, 1.82) is 5.26 Å². The Hall–Kier alpha value is -2.26. The molecule has 1 rings (SSSR count). The van der Waals surface area contributed by atoms with E-state index in [1.807, 2.05) is 0 Å². The molecule has 1 aromatic carbocycles. The Morgan fingerprint density at radius 1 is 1.47 bits per heavy atom. The highest BCUT2D eigenvalue weighted by Crippen LogP contribution is 2.18. The maximum absolute atomic E-state index is 11.1. The predicted octanol–water partition coefficient (Wildman–Crippen LogP) is 1.77. The van der Waals surface area contributed by atoms with Crippen LogP contribution in [0.5, 0.6) is 5.75 Å². The average Bonchev–Trinajstić information content (AvgIpc) is 2.25. The summed E-state index contributed by atoms with van der Waals surface area (Å²) in [6, 6.07) is 6.66. The lowest BCUT2D eigenvalue weighted by atomic mass is 10.1. The highest BCUT2D eigenvalue weighted by Gasteiger charge is 2.04. The third kappa shape index (κ3) is 2.59. The molecule has 0 saturated heterocycles. The van der Waals surface area contributed by atoms with Gasteiger partial charge >= 0.3 is 0 Å². The van der Waals surface area contributed by atoms with Crippen molar-refractivity contribution in [3.05, 3.63) is 29.3 Å². The number of carbonyl (C=O) groups is 1. The fourth-order valence-electron chi connectivity index (χ4n) is 1.12. The van der Waals surface area contributed by atoms with Gasteiger partial charge < -0.3 is 4.74 Å². The number of nitriles is 1. The van der Waals surface area contributed by atoms with Gasteiger partial charge in [0.2, 0.25) is 0 Å². The minimum Gasteiger partial charge on any atom is -0.495 e. The lowest BCUT2D eigenvalue weighted by Gasteiger charge is -2.04. The molecule has 0 bridgehead atoms. The van der Waals surface area contributed by atoms with Crippen LogP contribution in [-0.4, -0.2) is 12.9 Å². The molecule has 1 aromatic rings. The van der Waals surface area contributed by atoms with Gasteiger partial charge in [0.25, 0.3) is 0 Å². The minimum absolute atomic E-state index is 0.0438. The van der Waals surface area contributed by atoms with E-state index in [4.69, 9.17) is 10.00 Å². The zero-order valence-corrected chi connectivity index (χ0v) is 8.50. The highest BCUT2D eigenvalue weighted by molar-refractivity contribution is 5.94. The Balaban J connectivity index is 3.26. The Labute approximate surface area is 88.3 Å². The number of rotatable bonds is 2. The van der Waals surface area contributed by atoms with E-state index in [0.717, 1.165) is 0 Å². The molecule has 0 radical (unpaired) electrons. The van der Waals surface area contributed by atoms with Crippen LogP contribution in [0.15, 0.2) is 18.2 Å². The number of hydrogen-bond donors (Lipinski definition) is 0. The van der Waals surface area contributed by atoms with Gasteiger partial charge in [-0.3, -0.25) is 4.79 Å². The third-order valence-electron chi connectivity index (χ3n) is 1.86. The van der Waals surface area contributed by atoms with Crippen molar-refractivity contribution in [2.24, 2.45) is 0 Å². The summed E-state index contributed by atoms with van der Waals surface area (Å²) in [5.41, 5.74) is 1.10. The van der Waals surface area contributed by atoms with Crippen molar-refractivity contribution in [3.8, 4) is 23.7 Å². The van der Waals surface area contributed by atoms with Crippen LogP contribution in [0.1, 0.15) is 22.8 Å². The molecular formula is C12H9NO2. The largest absolute Gasteiger partial charge is 0.495 e. The van der Waals surface area contributed by atoms with Crippen LogP contribution in [0.4, 0.5) is 0 Å². The summed E-state index contributed by atoms with van der Waals surface area (Å²) in [5, 5.41) is 8.34. The van der Waals surface area contributed by atoms with E-state index in [-0.39, 0.29) is 5.78 Å². The van der Waals surface area contributed by atoms with Crippen LogP contribution in [-0.2, 0) is 0 Å². The molecule has 74 valence electrons. The third-order valence-corrected chi connectivity index (χ3v) is 1.86. The van der Waals surface area contributed by atoms with Crippen LogP contribution < -0.4 is 4.74 Å². The number of ketones is 1. The molecule has 0 spiro atoms. The van der Waals surface area contributed by atoms with Crippen molar-refractivity contribution >= 4 is 5.78 Å². The van der Waals surface area contributed by atoms with Crippen LogP contribution in [0.3, 0.4) is 0 Å². The van der Waals surface area contributed by atoms with Gasteiger partial charge in [0, 0.05) is 11.5 Å². The number of carbonyl (C=O) groups excluding carboxylic acids is 1. The highest BCUT2D eigenvalue weighted by atomic mass is 16.5. The second kappa shape index (κ2) is 4.83. The normalized spacial score (nSPS) is 8.33. The summed E-state index contributed by atoms with van der Waals surface area (Å²) in [7, 11) is 1.51. The zero-order chi connectivity index (χ0) is 11.3. The quantitative estimate of drug-likeness (QED) is 0.538. The van der Waals surface area contributed by atoms with E-state index in [9.17, 15) is 4.79 Å². The molecule has 0 N–H and O–H groups in total. The zero-order valence-electron chi connectivity index (χ0n) is 8.50. The van der Waals surface area contributed by atoms with Crippen LogP contribution >= 0.6 is 0 Å². The van der Waals surface area contributed by atoms with E-state index in [0.29, 0.717) is 16.9 Å². The van der Waals surface area contributed by atoms with Crippen LogP contribution in [0.2, 0.25) is 0 Å². The number of methoxy groups -OCH3 is 1. The number of ether oxygens (including phenoxy) is 1. The molecule has 0 unspecified atom stereocenters. The molecule has 0 aliphatic carbocycles. The van der Waals surface area contributed by atoms with Gasteiger partial charge in [0.15, 0.2) is 11.9 Å². The van der Waals surface area contributed by atoms with Gasteiger partial charge in [-0.2, -0.15) is 5.26 Å². The van der Waals surface area contributed by atoms with E-state index < -0.39 is 0 Å². The van der Waals surface area contributed by atoms with E-state index in [1.54, 1.807) is 24.3 Å². The van der Waals surface area contributed by atoms with Crippen LogP contribution in [0.25, 0.3) is 0 Å². The fourth-order valence-corrected chi connectivity index (χ4v) is 1.12. The van der Waals surface area contributed by atoms with Gasteiger partial charge in [-0.15, -0.1) is 0 Å². The summed E-state index contributed by atoms with van der Waals surface area (Å²) in [6.45, 7) is 1.48. The SMILES string of the molecule is COc1ccc(C(C)=O)cc1C#CC#N. The molecule has 3 heteroatoms. The molecular weight excluding hydrogens is 190 g/mol. The van der Waals surface area contributed by atoms with Crippen molar-refractivity contribution in [1.82, 2.24) is 0 Å². The van der Waals surface area contributed by atoms with Gasteiger partial charge in [-0.05, 0) is 31.0 Å². The van der Waals surface area contributed by atoms with Gasteiger partial charge in [-0.1, -0.05) is 0 Å². The molecule has 0 amide bonds. The van der Waals surface area contributed by atoms with Gasteiger partial charge in [0.1, 0.15) is 5.75 Å². The van der Waals surface area contributed by atoms with Crippen molar-refractivity contribution in [2.45, 2.75) is 6.92 Å². The Kier molecular flexibility index (Phi) is 3.49. The first-order valence-corrected chi connectivity index (χ1v) is 4.28. The Morgan fingerprint density at radius 3 is 2.73 bits per heavy atom. The van der Waals surface area contributed by atoms with E-state index >= 15 is 0 Å². The number of Topliss-reactive ketones (excluding diaryl/α,β-unsaturated/α-hetero) is 1. The van der Waals surface area contributed by atoms with Gasteiger partial charge in [-0.25, -0.2) is 0 Å². The number of nitrogens with zero attached hydrogens (tertiary/aromatic N) is 1. The Bertz CT molecular complexity index is 487. The average molecular weight is 199 g/mol. The van der Waals surface area contributed by atoms with E-state index in [1.165, 1.54) is 14.0 Å². The molecule has 0 aliphatic rings. The first-order valence-electron chi connectivity index (χ1n) is 4.28. The molecule has 0 heterocycles. The van der Waals surface area contributed by atoms with Crippen molar-refractivity contribution in [3.63, 3.8) is 0 Å². The monoisotopic (exact) mass is 199 g/mol. The summed E-state index contributed by atoms with van der Waals surface area (Å²) < 4.78 is 5.05. The summed E-state index contributed by atoms with van der Waals surface area (Å²) in [6.07, 6.45) is 0. The van der Waals surface area contributed by atoms with Crippen LogP contribution in [0, 0.1) is 23.2 Å². The second-order valence-corrected chi connectivity index (χ2v) is 2.83. The topological polar surface area (TPSA) is 50.1 Å².